The quantitative estimate of drug-likeness (QED) is 0.805. The molecule has 2 saturated heterocycles. The second kappa shape index (κ2) is 5.77. The molecule has 1 aromatic heterocycles. The smallest absolute Gasteiger partial charge is 0.233 e. The van der Waals surface area contributed by atoms with Crippen LogP contribution in [0.25, 0.3) is 0 Å². The molecular weight excluding hydrogens is 258 g/mol. The van der Waals surface area contributed by atoms with E-state index < -0.39 is 0 Å². The van der Waals surface area contributed by atoms with Crippen molar-refractivity contribution in [2.75, 3.05) is 46.9 Å². The van der Waals surface area contributed by atoms with E-state index in [0.29, 0.717) is 19.1 Å². The van der Waals surface area contributed by atoms with E-state index in [1.165, 1.54) is 0 Å². The molecular formula is C13H23N5O2. The van der Waals surface area contributed by atoms with E-state index in [9.17, 15) is 0 Å². The Hall–Kier alpha value is -1.02. The van der Waals surface area contributed by atoms with Crippen molar-refractivity contribution in [3.05, 3.63) is 11.7 Å². The van der Waals surface area contributed by atoms with Gasteiger partial charge in [0.2, 0.25) is 5.89 Å². The first kappa shape index (κ1) is 13.9. The van der Waals surface area contributed by atoms with Gasteiger partial charge in [0, 0.05) is 12.6 Å². The molecule has 112 valence electrons. The summed E-state index contributed by atoms with van der Waals surface area (Å²) in [4.78, 5) is 9.20. The van der Waals surface area contributed by atoms with Gasteiger partial charge in [0.05, 0.1) is 25.2 Å². The van der Waals surface area contributed by atoms with Crippen LogP contribution in [0.5, 0.6) is 0 Å². The second-order valence-corrected chi connectivity index (χ2v) is 5.91. The Morgan fingerprint density at radius 3 is 2.85 bits per heavy atom. The first-order valence-corrected chi connectivity index (χ1v) is 7.20. The second-order valence-electron chi connectivity index (χ2n) is 5.91. The van der Waals surface area contributed by atoms with Crippen LogP contribution in [0.3, 0.4) is 0 Å². The minimum absolute atomic E-state index is 0.0325. The van der Waals surface area contributed by atoms with Gasteiger partial charge < -0.3 is 19.9 Å². The van der Waals surface area contributed by atoms with Gasteiger partial charge in [-0.3, -0.25) is 4.90 Å². The minimum atomic E-state index is -0.0437. The third-order valence-electron chi connectivity index (χ3n) is 4.26. The highest BCUT2D eigenvalue weighted by molar-refractivity contribution is 5.04. The van der Waals surface area contributed by atoms with Crippen LogP contribution in [-0.4, -0.2) is 72.9 Å². The number of ether oxygens (including phenoxy) is 1. The Labute approximate surface area is 119 Å². The predicted octanol–water partition coefficient (Wildman–Crippen LogP) is -0.181. The fourth-order valence-corrected chi connectivity index (χ4v) is 2.91. The minimum Gasteiger partial charge on any atom is -0.379 e. The number of hydrogen-bond acceptors (Lipinski definition) is 7. The average Bonchev–Trinajstić information content (AvgIpc) is 3.00. The van der Waals surface area contributed by atoms with Crippen molar-refractivity contribution in [3.63, 3.8) is 0 Å². The summed E-state index contributed by atoms with van der Waals surface area (Å²) >= 11 is 0. The highest BCUT2D eigenvalue weighted by Gasteiger charge is 2.33. The van der Waals surface area contributed by atoms with Gasteiger partial charge in [-0.25, -0.2) is 0 Å². The molecule has 2 aliphatic rings. The van der Waals surface area contributed by atoms with E-state index in [-0.39, 0.29) is 18.0 Å². The van der Waals surface area contributed by atoms with Gasteiger partial charge in [-0.2, -0.15) is 4.98 Å². The van der Waals surface area contributed by atoms with Gasteiger partial charge in [-0.15, -0.1) is 0 Å². The standard InChI is InChI=1S/C13H23N5O2/c1-17-4-3-5-18(2)11(6-17)12-15-13(20-16-12)9-7-19-8-10(9)14/h9-11H,3-8,14H2,1-2H3. The van der Waals surface area contributed by atoms with Gasteiger partial charge in [-0.1, -0.05) is 5.16 Å². The largest absolute Gasteiger partial charge is 0.379 e. The molecule has 0 spiro atoms. The lowest BCUT2D eigenvalue weighted by atomic mass is 10.1. The normalized spacial score (nSPS) is 33.5. The topological polar surface area (TPSA) is 80.7 Å². The molecule has 0 aromatic carbocycles. The zero-order chi connectivity index (χ0) is 14.1. The molecule has 3 atom stereocenters. The Bertz CT molecular complexity index is 452. The number of hydrogen-bond donors (Lipinski definition) is 1. The number of aromatic nitrogens is 2. The van der Waals surface area contributed by atoms with E-state index in [4.69, 9.17) is 15.0 Å². The molecule has 0 aliphatic carbocycles. The molecule has 2 N–H and O–H groups in total. The molecule has 7 nitrogen and oxygen atoms in total. The Balaban J connectivity index is 1.77. The van der Waals surface area contributed by atoms with Crippen molar-refractivity contribution in [1.82, 2.24) is 19.9 Å². The van der Waals surface area contributed by atoms with E-state index in [0.717, 1.165) is 31.9 Å². The van der Waals surface area contributed by atoms with Crippen molar-refractivity contribution < 1.29 is 9.26 Å². The van der Waals surface area contributed by atoms with Crippen molar-refractivity contribution >= 4 is 0 Å². The van der Waals surface area contributed by atoms with Gasteiger partial charge in [-0.05, 0) is 33.6 Å². The molecule has 3 heterocycles. The van der Waals surface area contributed by atoms with Gasteiger partial charge in [0.15, 0.2) is 5.82 Å². The maximum atomic E-state index is 6.00. The summed E-state index contributed by atoms with van der Waals surface area (Å²) in [5, 5.41) is 4.18. The summed E-state index contributed by atoms with van der Waals surface area (Å²) in [6.07, 6.45) is 1.16. The maximum absolute atomic E-state index is 6.00. The van der Waals surface area contributed by atoms with E-state index in [1.54, 1.807) is 0 Å². The molecule has 0 amide bonds. The third-order valence-corrected chi connectivity index (χ3v) is 4.26. The van der Waals surface area contributed by atoms with E-state index in [1.807, 2.05) is 0 Å². The Morgan fingerprint density at radius 1 is 1.25 bits per heavy atom. The summed E-state index contributed by atoms with van der Waals surface area (Å²) in [6, 6.07) is 0.136. The Morgan fingerprint density at radius 2 is 2.10 bits per heavy atom. The van der Waals surface area contributed by atoms with Crippen molar-refractivity contribution in [2.45, 2.75) is 24.4 Å². The molecule has 1 aromatic rings. The van der Waals surface area contributed by atoms with E-state index >= 15 is 0 Å². The van der Waals surface area contributed by atoms with Crippen LogP contribution in [0.1, 0.15) is 30.1 Å². The zero-order valence-electron chi connectivity index (χ0n) is 12.2. The van der Waals surface area contributed by atoms with Crippen molar-refractivity contribution in [1.29, 1.82) is 0 Å². The number of rotatable bonds is 2. The maximum Gasteiger partial charge on any atom is 0.233 e. The summed E-state index contributed by atoms with van der Waals surface area (Å²) in [5.41, 5.74) is 6.00. The monoisotopic (exact) mass is 281 g/mol. The molecule has 0 radical (unpaired) electrons. The third kappa shape index (κ3) is 2.71. The SMILES string of the molecule is CN1CCCN(C)C(c2noc(C3COCC3N)n2)C1. The van der Waals surface area contributed by atoms with Crippen LogP contribution in [-0.2, 0) is 4.74 Å². The molecule has 7 heteroatoms. The molecule has 2 fully saturated rings. The molecule has 2 aliphatic heterocycles. The van der Waals surface area contributed by atoms with Crippen molar-refractivity contribution in [2.24, 2.45) is 5.73 Å². The fourth-order valence-electron chi connectivity index (χ4n) is 2.91. The summed E-state index contributed by atoms with van der Waals surface area (Å²) in [5.74, 6) is 1.41. The lowest BCUT2D eigenvalue weighted by Gasteiger charge is -2.24. The number of nitrogens with zero attached hydrogens (tertiary/aromatic N) is 4. The number of likely N-dealkylation sites (N-methyl/N-ethyl adjacent to an activating group) is 2. The fraction of sp³-hybridized carbons (Fsp3) is 0.846. The molecule has 3 rings (SSSR count). The summed E-state index contributed by atoms with van der Waals surface area (Å²) in [6.45, 7) is 4.21. The van der Waals surface area contributed by atoms with E-state index in [2.05, 4.69) is 34.0 Å². The van der Waals surface area contributed by atoms with Gasteiger partial charge in [0.25, 0.3) is 0 Å². The van der Waals surface area contributed by atoms with Crippen LogP contribution >= 0.6 is 0 Å². The molecule has 0 saturated carbocycles. The lowest BCUT2D eigenvalue weighted by molar-refractivity contribution is 0.187. The van der Waals surface area contributed by atoms with Gasteiger partial charge in [0.1, 0.15) is 0 Å². The van der Waals surface area contributed by atoms with Crippen LogP contribution in [0.2, 0.25) is 0 Å². The van der Waals surface area contributed by atoms with Crippen LogP contribution in [0, 0.1) is 0 Å². The van der Waals surface area contributed by atoms with Crippen LogP contribution in [0.15, 0.2) is 4.52 Å². The highest BCUT2D eigenvalue weighted by atomic mass is 16.5. The van der Waals surface area contributed by atoms with Crippen LogP contribution in [0.4, 0.5) is 0 Å². The molecule has 3 unspecified atom stereocenters. The Kier molecular flexibility index (Phi) is 4.02. The lowest BCUT2D eigenvalue weighted by Crippen LogP contribution is -2.31. The molecule has 0 bridgehead atoms. The van der Waals surface area contributed by atoms with Gasteiger partial charge >= 0.3 is 0 Å². The molecule has 20 heavy (non-hydrogen) atoms. The number of nitrogens with two attached hydrogens (primary N) is 1. The summed E-state index contributed by atoms with van der Waals surface area (Å²) < 4.78 is 10.8. The zero-order valence-corrected chi connectivity index (χ0v) is 12.2. The average molecular weight is 281 g/mol. The first-order chi connectivity index (χ1) is 9.65. The first-order valence-electron chi connectivity index (χ1n) is 7.20. The predicted molar refractivity (Wildman–Crippen MR) is 73.3 cm³/mol. The van der Waals surface area contributed by atoms with Crippen molar-refractivity contribution in [3.8, 4) is 0 Å². The summed E-state index contributed by atoms with van der Waals surface area (Å²) in [7, 11) is 4.25. The van der Waals surface area contributed by atoms with Crippen LogP contribution < -0.4 is 5.73 Å². The highest BCUT2D eigenvalue weighted by Crippen LogP contribution is 2.26.